The molecule has 0 aliphatic carbocycles. The number of H-pyrrole nitrogens is 1. The Labute approximate surface area is 92.2 Å². The van der Waals surface area contributed by atoms with Crippen LogP contribution < -0.4 is 0 Å². The van der Waals surface area contributed by atoms with Gasteiger partial charge in [-0.3, -0.25) is 9.67 Å². The van der Waals surface area contributed by atoms with Crippen molar-refractivity contribution < 1.29 is 5.11 Å². The number of aliphatic hydroxyl groups is 1. The summed E-state index contributed by atoms with van der Waals surface area (Å²) in [6, 6.07) is 7.82. The van der Waals surface area contributed by atoms with Gasteiger partial charge in [-0.25, -0.2) is 0 Å². The van der Waals surface area contributed by atoms with Crippen LogP contribution in [-0.2, 0) is 6.61 Å². The molecule has 1 aromatic carbocycles. The molecule has 78 valence electrons. The lowest BCUT2D eigenvalue weighted by atomic mass is 10.2. The van der Waals surface area contributed by atoms with Gasteiger partial charge in [0, 0.05) is 0 Å². The number of hydrogen-bond acceptors (Lipinski definition) is 3. The van der Waals surface area contributed by atoms with Crippen LogP contribution in [-0.4, -0.2) is 19.9 Å². The quantitative estimate of drug-likeness (QED) is 0.759. The third-order valence-corrected chi connectivity index (χ3v) is 2.51. The van der Waals surface area contributed by atoms with Gasteiger partial charge in [0.2, 0.25) is 0 Å². The Kier molecular flexibility index (Phi) is 2.66. The highest BCUT2D eigenvalue weighted by molar-refractivity contribution is 7.71. The fraction of sp³-hybridized carbons (Fsp3) is 0.200. The maximum Gasteiger partial charge on any atom is 0.199 e. The molecule has 0 unspecified atom stereocenters. The summed E-state index contributed by atoms with van der Waals surface area (Å²) in [6.45, 7) is 1.85. The summed E-state index contributed by atoms with van der Waals surface area (Å²) in [5.74, 6) is 0.523. The molecule has 15 heavy (non-hydrogen) atoms. The van der Waals surface area contributed by atoms with Crippen molar-refractivity contribution in [1.82, 2.24) is 14.8 Å². The summed E-state index contributed by atoms with van der Waals surface area (Å²) in [5.41, 5.74) is 2.03. The van der Waals surface area contributed by atoms with Gasteiger partial charge in [0.05, 0.1) is 5.69 Å². The van der Waals surface area contributed by atoms with Crippen LogP contribution in [0, 0.1) is 11.7 Å². The van der Waals surface area contributed by atoms with E-state index in [9.17, 15) is 0 Å². The molecule has 2 aromatic rings. The van der Waals surface area contributed by atoms with Gasteiger partial charge in [-0.2, -0.15) is 5.10 Å². The summed E-state index contributed by atoms with van der Waals surface area (Å²) in [5, 5.41) is 15.8. The highest BCUT2D eigenvalue weighted by Gasteiger charge is 2.08. The first-order chi connectivity index (χ1) is 7.24. The van der Waals surface area contributed by atoms with Crippen molar-refractivity contribution in [3.8, 4) is 5.69 Å². The van der Waals surface area contributed by atoms with E-state index in [1.807, 2.05) is 31.2 Å². The number of aromatic nitrogens is 3. The Hall–Kier alpha value is -1.46. The van der Waals surface area contributed by atoms with Gasteiger partial charge >= 0.3 is 0 Å². The first-order valence-electron chi connectivity index (χ1n) is 4.57. The van der Waals surface area contributed by atoms with Gasteiger partial charge in [-0.1, -0.05) is 18.2 Å². The summed E-state index contributed by atoms with van der Waals surface area (Å²) >= 11 is 5.11. The molecular weight excluding hydrogens is 210 g/mol. The topological polar surface area (TPSA) is 53.8 Å². The average molecular weight is 221 g/mol. The van der Waals surface area contributed by atoms with Crippen molar-refractivity contribution in [2.45, 2.75) is 13.5 Å². The molecule has 4 nitrogen and oxygen atoms in total. The molecule has 5 heteroatoms. The van der Waals surface area contributed by atoms with Gasteiger partial charge in [0.25, 0.3) is 0 Å². The minimum absolute atomic E-state index is 0.137. The number of para-hydroxylation sites is 1. The first kappa shape index (κ1) is 10.1. The summed E-state index contributed by atoms with van der Waals surface area (Å²) in [4.78, 5) is 0. The van der Waals surface area contributed by atoms with Crippen molar-refractivity contribution in [2.24, 2.45) is 0 Å². The van der Waals surface area contributed by atoms with Gasteiger partial charge in [0.1, 0.15) is 6.61 Å². The molecule has 0 saturated carbocycles. The van der Waals surface area contributed by atoms with Crippen molar-refractivity contribution in [2.75, 3.05) is 0 Å². The lowest BCUT2D eigenvalue weighted by Crippen LogP contribution is -2.02. The zero-order valence-corrected chi connectivity index (χ0v) is 9.08. The number of hydrogen-bond donors (Lipinski definition) is 2. The highest BCUT2D eigenvalue weighted by atomic mass is 32.1. The maximum absolute atomic E-state index is 9.13. The average Bonchev–Trinajstić information content (AvgIpc) is 2.60. The predicted molar refractivity (Wildman–Crippen MR) is 59.4 cm³/mol. The Bertz CT molecular complexity index is 529. The smallest absolute Gasteiger partial charge is 0.199 e. The van der Waals surface area contributed by atoms with E-state index in [1.165, 1.54) is 0 Å². The Balaban J connectivity index is 2.68. The molecule has 0 fully saturated rings. The van der Waals surface area contributed by atoms with Crippen LogP contribution in [0.15, 0.2) is 24.3 Å². The minimum atomic E-state index is -0.137. The fourth-order valence-corrected chi connectivity index (χ4v) is 1.75. The summed E-state index contributed by atoms with van der Waals surface area (Å²) < 4.78 is 2.23. The fourth-order valence-electron chi connectivity index (χ4n) is 1.50. The van der Waals surface area contributed by atoms with Crippen LogP contribution in [0.3, 0.4) is 0 Å². The molecule has 0 amide bonds. The Morgan fingerprint density at radius 1 is 1.47 bits per heavy atom. The maximum atomic E-state index is 9.13. The van der Waals surface area contributed by atoms with Crippen LogP contribution in [0.1, 0.15) is 11.4 Å². The molecular formula is C10H11N3OS. The minimum Gasteiger partial charge on any atom is -0.388 e. The van der Waals surface area contributed by atoms with E-state index >= 15 is 0 Å². The van der Waals surface area contributed by atoms with Gasteiger partial charge in [-0.05, 0) is 30.8 Å². The number of aryl methyl sites for hydroxylation is 1. The van der Waals surface area contributed by atoms with Gasteiger partial charge < -0.3 is 5.11 Å². The molecule has 0 spiro atoms. The molecule has 0 bridgehead atoms. The molecule has 0 aliphatic heterocycles. The van der Waals surface area contributed by atoms with Crippen LogP contribution in [0.4, 0.5) is 0 Å². The van der Waals surface area contributed by atoms with E-state index in [-0.39, 0.29) is 6.61 Å². The standard InChI is InChI=1S/C10H11N3OS/c1-7-4-2-3-5-8(7)13-9(6-14)11-12-10(13)15/h2-5,14H,6H2,1H3,(H,12,15). The largest absolute Gasteiger partial charge is 0.388 e. The van der Waals surface area contributed by atoms with E-state index in [1.54, 1.807) is 4.57 Å². The van der Waals surface area contributed by atoms with Crippen LogP contribution >= 0.6 is 12.2 Å². The van der Waals surface area contributed by atoms with E-state index in [4.69, 9.17) is 17.3 Å². The summed E-state index contributed by atoms with van der Waals surface area (Å²) in [7, 11) is 0. The second kappa shape index (κ2) is 3.96. The molecule has 0 saturated heterocycles. The van der Waals surface area contributed by atoms with E-state index < -0.39 is 0 Å². The number of aromatic amines is 1. The molecule has 0 radical (unpaired) electrons. The normalized spacial score (nSPS) is 10.5. The predicted octanol–water partition coefficient (Wildman–Crippen LogP) is 1.73. The van der Waals surface area contributed by atoms with Crippen molar-refractivity contribution in [1.29, 1.82) is 0 Å². The third kappa shape index (κ3) is 1.71. The molecule has 1 heterocycles. The van der Waals surface area contributed by atoms with Crippen molar-refractivity contribution in [3.05, 3.63) is 40.4 Å². The van der Waals surface area contributed by atoms with Gasteiger partial charge in [-0.15, -0.1) is 0 Å². The number of nitrogens with zero attached hydrogens (tertiary/aromatic N) is 2. The molecule has 0 atom stereocenters. The zero-order valence-electron chi connectivity index (χ0n) is 8.27. The molecule has 0 aliphatic rings. The van der Waals surface area contributed by atoms with Crippen LogP contribution in [0.5, 0.6) is 0 Å². The van der Waals surface area contributed by atoms with Gasteiger partial charge in [0.15, 0.2) is 10.6 Å². The monoisotopic (exact) mass is 221 g/mol. The number of benzene rings is 1. The Morgan fingerprint density at radius 2 is 2.20 bits per heavy atom. The van der Waals surface area contributed by atoms with Crippen molar-refractivity contribution >= 4 is 12.2 Å². The van der Waals surface area contributed by atoms with E-state index in [2.05, 4.69) is 10.2 Å². The van der Waals surface area contributed by atoms with Crippen molar-refractivity contribution in [3.63, 3.8) is 0 Å². The lowest BCUT2D eigenvalue weighted by Gasteiger charge is -2.07. The second-order valence-electron chi connectivity index (χ2n) is 3.22. The van der Waals surface area contributed by atoms with E-state index in [0.29, 0.717) is 10.6 Å². The zero-order chi connectivity index (χ0) is 10.8. The molecule has 2 rings (SSSR count). The molecule has 1 aromatic heterocycles. The Morgan fingerprint density at radius 3 is 2.87 bits per heavy atom. The van der Waals surface area contributed by atoms with Crippen LogP contribution in [0.25, 0.3) is 5.69 Å². The lowest BCUT2D eigenvalue weighted by molar-refractivity contribution is 0.268. The number of aliphatic hydroxyl groups excluding tert-OH is 1. The number of nitrogens with one attached hydrogen (secondary N) is 1. The highest BCUT2D eigenvalue weighted by Crippen LogP contribution is 2.15. The van der Waals surface area contributed by atoms with Crippen LogP contribution in [0.2, 0.25) is 0 Å². The first-order valence-corrected chi connectivity index (χ1v) is 4.98. The SMILES string of the molecule is Cc1ccccc1-n1c(CO)n[nH]c1=S. The molecule has 2 N–H and O–H groups in total. The second-order valence-corrected chi connectivity index (χ2v) is 3.61. The summed E-state index contributed by atoms with van der Waals surface area (Å²) in [6.07, 6.45) is 0. The van der Waals surface area contributed by atoms with E-state index in [0.717, 1.165) is 11.3 Å². The number of rotatable bonds is 2. The third-order valence-electron chi connectivity index (χ3n) is 2.24.